The molecular weight excluding hydrogens is 310 g/mol. The number of aromatic nitrogens is 1. The number of benzene rings is 1. The van der Waals surface area contributed by atoms with E-state index in [2.05, 4.69) is 10.3 Å². The van der Waals surface area contributed by atoms with Gasteiger partial charge in [0.05, 0.1) is 5.88 Å². The zero-order chi connectivity index (χ0) is 16.6. The third kappa shape index (κ3) is 3.37. The predicted molar refractivity (Wildman–Crippen MR) is 93.5 cm³/mol. The topological polar surface area (TPSA) is 65.2 Å². The molecule has 1 aliphatic heterocycles. The molecule has 0 aliphatic carbocycles. The van der Waals surface area contributed by atoms with Gasteiger partial charge in [-0.1, -0.05) is 6.07 Å². The number of nitrogens with zero attached hydrogens (tertiary/aromatic N) is 1. The largest absolute Gasteiger partial charge is 0.361 e. The lowest BCUT2D eigenvalue weighted by Gasteiger charge is -2.27. The molecule has 2 heterocycles. The standard InChI is InChI=1S/C17H21N3O2S/c1-17(2,3)19-15(21)14-9-23-10-20(14)16(22)12-5-4-11-6-7-18-13(11)8-12/h4-8,14,18H,9-10H2,1-3H3,(H,19,21)/t14-/m0/s1. The van der Waals surface area contributed by atoms with Gasteiger partial charge in [-0.05, 0) is 44.4 Å². The van der Waals surface area contributed by atoms with Crippen LogP contribution in [0.5, 0.6) is 0 Å². The highest BCUT2D eigenvalue weighted by Gasteiger charge is 2.36. The maximum atomic E-state index is 12.8. The molecule has 23 heavy (non-hydrogen) atoms. The molecule has 0 spiro atoms. The van der Waals surface area contributed by atoms with E-state index in [9.17, 15) is 9.59 Å². The molecule has 1 aliphatic rings. The number of rotatable bonds is 2. The molecule has 1 aromatic carbocycles. The lowest BCUT2D eigenvalue weighted by Crippen LogP contribution is -2.52. The summed E-state index contributed by atoms with van der Waals surface area (Å²) in [7, 11) is 0. The Kier molecular flexibility index (Phi) is 4.10. The van der Waals surface area contributed by atoms with Gasteiger partial charge in [0.25, 0.3) is 5.91 Å². The Balaban J connectivity index is 1.81. The van der Waals surface area contributed by atoms with Crippen LogP contribution in [0.4, 0.5) is 0 Å². The Morgan fingerprint density at radius 1 is 1.30 bits per heavy atom. The van der Waals surface area contributed by atoms with Gasteiger partial charge in [-0.3, -0.25) is 9.59 Å². The van der Waals surface area contributed by atoms with E-state index in [0.717, 1.165) is 10.9 Å². The summed E-state index contributed by atoms with van der Waals surface area (Å²) < 4.78 is 0. The van der Waals surface area contributed by atoms with Crippen molar-refractivity contribution in [3.8, 4) is 0 Å². The van der Waals surface area contributed by atoms with Crippen LogP contribution >= 0.6 is 11.8 Å². The zero-order valence-electron chi connectivity index (χ0n) is 13.6. The van der Waals surface area contributed by atoms with E-state index in [1.54, 1.807) is 16.7 Å². The molecule has 122 valence electrons. The fourth-order valence-corrected chi connectivity index (χ4v) is 3.81. The van der Waals surface area contributed by atoms with Crippen molar-refractivity contribution in [3.63, 3.8) is 0 Å². The Labute approximate surface area is 139 Å². The van der Waals surface area contributed by atoms with E-state index in [-0.39, 0.29) is 17.4 Å². The molecule has 0 unspecified atom stereocenters. The summed E-state index contributed by atoms with van der Waals surface area (Å²) in [5, 5.41) is 4.04. The Bertz CT molecular complexity index is 748. The monoisotopic (exact) mass is 331 g/mol. The minimum absolute atomic E-state index is 0.0863. The highest BCUT2D eigenvalue weighted by molar-refractivity contribution is 7.99. The summed E-state index contributed by atoms with van der Waals surface area (Å²) in [5.74, 6) is 1.000. The SMILES string of the molecule is CC(C)(C)NC(=O)[C@@H]1CSCN1C(=O)c1ccc2cc[nH]c2c1. The van der Waals surface area contributed by atoms with Crippen LogP contribution < -0.4 is 5.32 Å². The van der Waals surface area contributed by atoms with Crippen molar-refractivity contribution in [3.05, 3.63) is 36.0 Å². The van der Waals surface area contributed by atoms with E-state index >= 15 is 0 Å². The van der Waals surface area contributed by atoms with Crippen LogP contribution in [0.15, 0.2) is 30.5 Å². The van der Waals surface area contributed by atoms with Gasteiger partial charge in [-0.2, -0.15) is 0 Å². The van der Waals surface area contributed by atoms with Crippen LogP contribution in [0, 0.1) is 0 Å². The van der Waals surface area contributed by atoms with Gasteiger partial charge in [-0.15, -0.1) is 11.8 Å². The van der Waals surface area contributed by atoms with E-state index in [4.69, 9.17) is 0 Å². The number of fused-ring (bicyclic) bond motifs is 1. The molecule has 1 saturated heterocycles. The quantitative estimate of drug-likeness (QED) is 0.889. The molecule has 2 N–H and O–H groups in total. The highest BCUT2D eigenvalue weighted by Crippen LogP contribution is 2.25. The molecule has 0 saturated carbocycles. The summed E-state index contributed by atoms with van der Waals surface area (Å²) in [6.45, 7) is 5.83. The minimum Gasteiger partial charge on any atom is -0.361 e. The van der Waals surface area contributed by atoms with E-state index in [1.807, 2.05) is 51.2 Å². The van der Waals surface area contributed by atoms with Crippen molar-refractivity contribution in [2.24, 2.45) is 0 Å². The summed E-state index contributed by atoms with van der Waals surface area (Å²) >= 11 is 1.61. The predicted octanol–water partition coefficient (Wildman–Crippen LogP) is 2.60. The molecule has 2 amide bonds. The van der Waals surface area contributed by atoms with E-state index < -0.39 is 6.04 Å². The van der Waals surface area contributed by atoms with Crippen LogP contribution in [0.1, 0.15) is 31.1 Å². The van der Waals surface area contributed by atoms with Gasteiger partial charge in [0.2, 0.25) is 5.91 Å². The fraction of sp³-hybridized carbons (Fsp3) is 0.412. The van der Waals surface area contributed by atoms with E-state index in [1.165, 1.54) is 0 Å². The third-order valence-corrected chi connectivity index (χ3v) is 4.76. The van der Waals surface area contributed by atoms with Crippen molar-refractivity contribution < 1.29 is 9.59 Å². The van der Waals surface area contributed by atoms with Crippen LogP contribution in [0.25, 0.3) is 10.9 Å². The molecular formula is C17H21N3O2S. The third-order valence-electron chi connectivity index (χ3n) is 3.75. The average molecular weight is 331 g/mol. The number of H-pyrrole nitrogens is 1. The number of aromatic amines is 1. The molecule has 1 fully saturated rings. The zero-order valence-corrected chi connectivity index (χ0v) is 14.4. The molecule has 5 nitrogen and oxygen atoms in total. The first-order chi connectivity index (χ1) is 10.8. The molecule has 0 bridgehead atoms. The maximum absolute atomic E-state index is 12.8. The number of hydrogen-bond donors (Lipinski definition) is 2. The lowest BCUT2D eigenvalue weighted by molar-refractivity contribution is -0.125. The van der Waals surface area contributed by atoms with Gasteiger partial charge in [0.15, 0.2) is 0 Å². The first kappa shape index (κ1) is 15.9. The van der Waals surface area contributed by atoms with Crippen LogP contribution in [0.2, 0.25) is 0 Å². The second-order valence-electron chi connectivity index (χ2n) is 6.81. The van der Waals surface area contributed by atoms with Gasteiger partial charge in [0.1, 0.15) is 6.04 Å². The first-order valence-corrected chi connectivity index (χ1v) is 8.78. The molecule has 1 atom stereocenters. The van der Waals surface area contributed by atoms with Crippen LogP contribution in [-0.4, -0.2) is 44.9 Å². The summed E-state index contributed by atoms with van der Waals surface area (Å²) in [5.41, 5.74) is 1.23. The number of amides is 2. The molecule has 3 rings (SSSR count). The molecule has 1 aromatic heterocycles. The molecule has 6 heteroatoms. The lowest BCUT2D eigenvalue weighted by atomic mass is 10.1. The minimum atomic E-state index is -0.411. The number of thioether (sulfide) groups is 1. The van der Waals surface area contributed by atoms with Crippen LogP contribution in [0.3, 0.4) is 0 Å². The Hall–Kier alpha value is -1.95. The average Bonchev–Trinajstić information content (AvgIpc) is 3.12. The van der Waals surface area contributed by atoms with Crippen molar-refractivity contribution in [1.29, 1.82) is 0 Å². The summed E-state index contributed by atoms with van der Waals surface area (Å²) in [6, 6.07) is 7.15. The molecule has 2 aromatic rings. The maximum Gasteiger partial charge on any atom is 0.255 e. The second kappa shape index (κ2) is 5.92. The number of carbonyl (C=O) groups excluding carboxylic acids is 2. The Morgan fingerprint density at radius 2 is 2.09 bits per heavy atom. The van der Waals surface area contributed by atoms with Crippen molar-refractivity contribution in [1.82, 2.24) is 15.2 Å². The Morgan fingerprint density at radius 3 is 2.83 bits per heavy atom. The van der Waals surface area contributed by atoms with E-state index in [0.29, 0.717) is 17.2 Å². The van der Waals surface area contributed by atoms with Crippen molar-refractivity contribution >= 4 is 34.5 Å². The van der Waals surface area contributed by atoms with Crippen LogP contribution in [-0.2, 0) is 4.79 Å². The number of carbonyl (C=O) groups is 2. The van der Waals surface area contributed by atoms with Gasteiger partial charge in [-0.25, -0.2) is 0 Å². The highest BCUT2D eigenvalue weighted by atomic mass is 32.2. The normalized spacial score (nSPS) is 18.4. The first-order valence-electron chi connectivity index (χ1n) is 7.63. The fourth-order valence-electron chi connectivity index (χ4n) is 2.66. The molecule has 0 radical (unpaired) electrons. The number of hydrogen-bond acceptors (Lipinski definition) is 3. The second-order valence-corrected chi connectivity index (χ2v) is 7.81. The summed E-state index contributed by atoms with van der Waals surface area (Å²) in [4.78, 5) is 30.0. The van der Waals surface area contributed by atoms with Crippen molar-refractivity contribution in [2.45, 2.75) is 32.4 Å². The van der Waals surface area contributed by atoms with Crippen molar-refractivity contribution in [2.75, 3.05) is 11.6 Å². The van der Waals surface area contributed by atoms with Gasteiger partial charge in [0, 0.05) is 28.6 Å². The van der Waals surface area contributed by atoms with Gasteiger partial charge >= 0.3 is 0 Å². The van der Waals surface area contributed by atoms with Gasteiger partial charge < -0.3 is 15.2 Å². The number of nitrogens with one attached hydrogen (secondary N) is 2. The summed E-state index contributed by atoms with van der Waals surface area (Å²) in [6.07, 6.45) is 1.85. The smallest absolute Gasteiger partial charge is 0.255 e.